The van der Waals surface area contributed by atoms with Crippen molar-refractivity contribution >= 4 is 41.6 Å². The van der Waals surface area contributed by atoms with Gasteiger partial charge in [0.1, 0.15) is 17.2 Å². The number of hydrogen-bond donors (Lipinski definition) is 4. The number of methoxy groups -OCH3 is 1. The maximum absolute atomic E-state index is 12.3. The molecule has 2 rings (SSSR count). The number of esters is 1. The number of guanidine groups is 1. The van der Waals surface area contributed by atoms with Crippen LogP contribution in [0.25, 0.3) is 0 Å². The van der Waals surface area contributed by atoms with Crippen LogP contribution in [0.5, 0.6) is 0 Å². The normalized spacial score (nSPS) is 11.5. The Hall–Kier alpha value is -4.55. The van der Waals surface area contributed by atoms with E-state index in [0.29, 0.717) is 17.1 Å². The molecular formula is C21H25N7O6. The fraction of sp³-hybridized carbons (Fsp3) is 0.286. The van der Waals surface area contributed by atoms with Crippen molar-refractivity contribution in [3.8, 4) is 0 Å². The molecule has 0 aliphatic rings. The first-order chi connectivity index (χ1) is 16.1. The molecule has 0 radical (unpaired) electrons. The average molecular weight is 471 g/mol. The molecule has 180 valence electrons. The van der Waals surface area contributed by atoms with E-state index in [1.54, 1.807) is 26.0 Å². The Morgan fingerprint density at radius 2 is 1.94 bits per heavy atom. The molecule has 2 aromatic rings. The topological polar surface area (TPSA) is 204 Å². The molecule has 1 heterocycles. The van der Waals surface area contributed by atoms with Gasteiger partial charge in [-0.1, -0.05) is 11.2 Å². The van der Waals surface area contributed by atoms with Crippen molar-refractivity contribution in [2.45, 2.75) is 13.8 Å². The Balaban J connectivity index is 1.93. The summed E-state index contributed by atoms with van der Waals surface area (Å²) >= 11 is 0. The lowest BCUT2D eigenvalue weighted by Crippen LogP contribution is -2.40. The maximum atomic E-state index is 12.3. The minimum absolute atomic E-state index is 0.158. The number of aromatic nitrogens is 1. The molecule has 1 aromatic heterocycles. The van der Waals surface area contributed by atoms with Gasteiger partial charge in [0.15, 0.2) is 5.96 Å². The molecule has 6 N–H and O–H groups in total. The van der Waals surface area contributed by atoms with Crippen LogP contribution in [0.1, 0.15) is 32.2 Å². The number of carbonyl (C=O) groups is 4. The first-order valence-corrected chi connectivity index (χ1v) is 9.96. The monoisotopic (exact) mass is 471 g/mol. The van der Waals surface area contributed by atoms with Gasteiger partial charge in [0, 0.05) is 18.3 Å². The summed E-state index contributed by atoms with van der Waals surface area (Å²) in [6.45, 7) is 2.57. The van der Waals surface area contributed by atoms with Crippen molar-refractivity contribution in [3.63, 3.8) is 0 Å². The summed E-state index contributed by atoms with van der Waals surface area (Å²) in [4.78, 5) is 56.3. The number of aryl methyl sites for hydroxylation is 2. The van der Waals surface area contributed by atoms with Gasteiger partial charge in [0.2, 0.25) is 5.91 Å². The van der Waals surface area contributed by atoms with Crippen molar-refractivity contribution in [2.24, 2.45) is 27.4 Å². The molecule has 0 spiro atoms. The predicted octanol–water partition coefficient (Wildman–Crippen LogP) is -0.257. The van der Waals surface area contributed by atoms with Crippen LogP contribution in [0, 0.1) is 19.8 Å². The minimum atomic E-state index is -1.04. The number of hydrogen-bond acceptors (Lipinski definition) is 8. The minimum Gasteiger partial charge on any atom is -0.468 e. The van der Waals surface area contributed by atoms with Gasteiger partial charge in [-0.3, -0.25) is 19.2 Å². The Morgan fingerprint density at radius 1 is 1.21 bits per heavy atom. The second kappa shape index (κ2) is 11.9. The summed E-state index contributed by atoms with van der Waals surface area (Å²) in [5.74, 6) is -3.36. The lowest BCUT2D eigenvalue weighted by atomic mass is 10.1. The molecule has 0 saturated carbocycles. The van der Waals surface area contributed by atoms with Gasteiger partial charge < -0.3 is 31.4 Å². The van der Waals surface area contributed by atoms with E-state index in [1.807, 2.05) is 0 Å². The second-order valence-corrected chi connectivity index (χ2v) is 6.99. The summed E-state index contributed by atoms with van der Waals surface area (Å²) in [5.41, 5.74) is 11.8. The van der Waals surface area contributed by atoms with Gasteiger partial charge in [-0.15, -0.1) is 0 Å². The van der Waals surface area contributed by atoms with Gasteiger partial charge in [-0.05, 0) is 32.0 Å². The number of nitrogens with zero attached hydrogens (tertiary/aromatic N) is 3. The van der Waals surface area contributed by atoms with Crippen LogP contribution < -0.4 is 22.1 Å². The first-order valence-electron chi connectivity index (χ1n) is 9.96. The molecule has 13 heteroatoms. The number of ether oxygens (including phenoxy) is 1. The summed E-state index contributed by atoms with van der Waals surface area (Å²) in [7, 11) is 1.16. The molecule has 3 amide bonds. The van der Waals surface area contributed by atoms with Crippen LogP contribution in [0.3, 0.4) is 0 Å². The van der Waals surface area contributed by atoms with Crippen molar-refractivity contribution in [1.29, 1.82) is 0 Å². The van der Waals surface area contributed by atoms with E-state index in [4.69, 9.17) is 16.0 Å². The lowest BCUT2D eigenvalue weighted by Gasteiger charge is -2.12. The van der Waals surface area contributed by atoms with Crippen LogP contribution in [-0.2, 0) is 14.3 Å². The van der Waals surface area contributed by atoms with E-state index < -0.39 is 29.6 Å². The Morgan fingerprint density at radius 3 is 2.56 bits per heavy atom. The van der Waals surface area contributed by atoms with Crippen LogP contribution in [0.4, 0.5) is 5.69 Å². The number of nitrogens with one attached hydrogen (secondary N) is 2. The molecular weight excluding hydrogens is 446 g/mol. The molecule has 0 fully saturated rings. The number of nitrogens with two attached hydrogens (primary N) is 2. The third-order valence-corrected chi connectivity index (χ3v) is 4.42. The van der Waals surface area contributed by atoms with E-state index >= 15 is 0 Å². The Labute approximate surface area is 194 Å². The highest BCUT2D eigenvalue weighted by Crippen LogP contribution is 2.14. The van der Waals surface area contributed by atoms with Gasteiger partial charge in [0.25, 0.3) is 11.8 Å². The highest BCUT2D eigenvalue weighted by atomic mass is 16.5. The highest BCUT2D eigenvalue weighted by Gasteiger charge is 2.21. The zero-order chi connectivity index (χ0) is 25.3. The number of aliphatic imine (C=N–C) groups is 2. The Bertz CT molecular complexity index is 1110. The van der Waals surface area contributed by atoms with Crippen LogP contribution >= 0.6 is 0 Å². The quantitative estimate of drug-likeness (QED) is 0.216. The first kappa shape index (κ1) is 25.7. The fourth-order valence-corrected chi connectivity index (χ4v) is 2.77. The number of rotatable bonds is 9. The molecule has 1 unspecified atom stereocenters. The zero-order valence-corrected chi connectivity index (χ0v) is 18.8. The third-order valence-electron chi connectivity index (χ3n) is 4.42. The highest BCUT2D eigenvalue weighted by molar-refractivity contribution is 6.03. The number of carbonyl (C=O) groups excluding carboxylic acids is 4. The van der Waals surface area contributed by atoms with E-state index in [0.717, 1.165) is 13.3 Å². The SMILES string of the molecule is COC(=O)C(C=NC(=O)c1c(C)noc1C)CNC(=O)CNC(=O)c1cccc(N=C(N)N)c1. The van der Waals surface area contributed by atoms with Crippen LogP contribution in [0.15, 0.2) is 38.8 Å². The molecule has 0 aliphatic carbocycles. The summed E-state index contributed by atoms with van der Waals surface area (Å²) in [6.07, 6.45) is 1.08. The van der Waals surface area contributed by atoms with Crippen molar-refractivity contribution in [2.75, 3.05) is 20.2 Å². The van der Waals surface area contributed by atoms with Crippen molar-refractivity contribution < 1.29 is 28.4 Å². The van der Waals surface area contributed by atoms with Crippen molar-refractivity contribution in [1.82, 2.24) is 15.8 Å². The standard InChI is InChI=1S/C21H25N7O6/c1-11-17(12(2)34-28-11)19(31)25-9-14(20(32)33-3)8-24-16(29)10-26-18(30)13-5-4-6-15(7-13)27-21(22)23/h4-7,9,14H,8,10H2,1-3H3,(H,24,29)(H,26,30)(H4,22,23,27). The van der Waals surface area contributed by atoms with Gasteiger partial charge in [-0.2, -0.15) is 0 Å². The van der Waals surface area contributed by atoms with E-state index in [9.17, 15) is 19.2 Å². The molecule has 1 aromatic carbocycles. The van der Waals surface area contributed by atoms with Crippen LogP contribution in [-0.4, -0.2) is 61.2 Å². The molecule has 1 atom stereocenters. The van der Waals surface area contributed by atoms with E-state index in [1.165, 1.54) is 12.1 Å². The van der Waals surface area contributed by atoms with E-state index in [2.05, 4.69) is 30.5 Å². The maximum Gasteiger partial charge on any atom is 0.315 e. The smallest absolute Gasteiger partial charge is 0.315 e. The molecule has 34 heavy (non-hydrogen) atoms. The van der Waals surface area contributed by atoms with Gasteiger partial charge in [-0.25, -0.2) is 9.98 Å². The zero-order valence-electron chi connectivity index (χ0n) is 18.8. The molecule has 0 aliphatic heterocycles. The Kier molecular flexibility index (Phi) is 9.00. The number of benzene rings is 1. The second-order valence-electron chi connectivity index (χ2n) is 6.99. The largest absolute Gasteiger partial charge is 0.468 e. The average Bonchev–Trinajstić information content (AvgIpc) is 3.14. The molecule has 13 nitrogen and oxygen atoms in total. The predicted molar refractivity (Wildman–Crippen MR) is 122 cm³/mol. The summed E-state index contributed by atoms with van der Waals surface area (Å²) in [6, 6.07) is 6.17. The molecule has 0 bridgehead atoms. The van der Waals surface area contributed by atoms with Gasteiger partial charge >= 0.3 is 5.97 Å². The van der Waals surface area contributed by atoms with Crippen LogP contribution in [0.2, 0.25) is 0 Å². The molecule has 0 saturated heterocycles. The summed E-state index contributed by atoms with van der Waals surface area (Å²) < 4.78 is 9.61. The fourth-order valence-electron chi connectivity index (χ4n) is 2.77. The van der Waals surface area contributed by atoms with Crippen molar-refractivity contribution in [3.05, 3.63) is 46.8 Å². The van der Waals surface area contributed by atoms with Gasteiger partial charge in [0.05, 0.1) is 25.0 Å². The number of amides is 3. The van der Waals surface area contributed by atoms with E-state index in [-0.39, 0.29) is 30.2 Å². The lowest BCUT2D eigenvalue weighted by molar-refractivity contribution is -0.142. The summed E-state index contributed by atoms with van der Waals surface area (Å²) in [5, 5.41) is 8.60. The third kappa shape index (κ3) is 7.25.